The molecular weight excluding hydrogens is 385 g/mol. The van der Waals surface area contributed by atoms with Crippen LogP contribution in [0.5, 0.6) is 0 Å². The van der Waals surface area contributed by atoms with E-state index >= 15 is 0 Å². The first-order valence-corrected chi connectivity index (χ1v) is 12.3. The van der Waals surface area contributed by atoms with Crippen LogP contribution < -0.4 is 0 Å². The summed E-state index contributed by atoms with van der Waals surface area (Å²) in [5, 5.41) is 0. The molecule has 1 atom stereocenters. The summed E-state index contributed by atoms with van der Waals surface area (Å²) >= 11 is 0. The first-order chi connectivity index (χ1) is 15.2. The molecule has 1 saturated heterocycles. The molecule has 0 aromatic heterocycles. The third-order valence-electron chi connectivity index (χ3n) is 7.28. The number of Topliss-reactive ketones (excluding diaryl/α,β-unsaturated/α-hetero) is 1. The van der Waals surface area contributed by atoms with Gasteiger partial charge in [-0.25, -0.2) is 4.39 Å². The van der Waals surface area contributed by atoms with Crippen LogP contribution in [-0.2, 0) is 0 Å². The molecule has 2 nitrogen and oxygen atoms in total. The second-order valence-corrected chi connectivity index (χ2v) is 9.44. The number of piperidine rings is 1. The molecule has 1 unspecified atom stereocenters. The zero-order valence-corrected chi connectivity index (χ0v) is 18.7. The summed E-state index contributed by atoms with van der Waals surface area (Å²) in [5.74, 6) is 0.563. The van der Waals surface area contributed by atoms with E-state index in [1.807, 2.05) is 0 Å². The highest BCUT2D eigenvalue weighted by molar-refractivity contribution is 5.95. The molecule has 31 heavy (non-hydrogen) atoms. The van der Waals surface area contributed by atoms with Crippen molar-refractivity contribution in [3.8, 4) is 0 Å². The second-order valence-electron chi connectivity index (χ2n) is 9.44. The van der Waals surface area contributed by atoms with Gasteiger partial charge in [-0.1, -0.05) is 49.9 Å². The highest BCUT2D eigenvalue weighted by Gasteiger charge is 2.23. The predicted molar refractivity (Wildman–Crippen MR) is 125 cm³/mol. The van der Waals surface area contributed by atoms with Crippen LogP contribution in [-0.4, -0.2) is 23.8 Å². The van der Waals surface area contributed by atoms with E-state index in [9.17, 15) is 9.18 Å². The van der Waals surface area contributed by atoms with Crippen LogP contribution in [0.1, 0.15) is 104 Å². The topological polar surface area (TPSA) is 20.3 Å². The minimum Gasteiger partial charge on any atom is -0.296 e. The Labute approximate surface area is 186 Å². The van der Waals surface area contributed by atoms with E-state index in [2.05, 4.69) is 29.2 Å². The largest absolute Gasteiger partial charge is 0.296 e. The van der Waals surface area contributed by atoms with Gasteiger partial charge >= 0.3 is 0 Å². The van der Waals surface area contributed by atoms with Gasteiger partial charge in [0.2, 0.25) is 0 Å². The maximum Gasteiger partial charge on any atom is 0.162 e. The molecule has 0 radical (unpaired) electrons. The normalized spacial score (nSPS) is 19.3. The fraction of sp³-hybridized carbons (Fsp3) is 0.536. The molecular formula is C28H36FNO. The van der Waals surface area contributed by atoms with Crippen LogP contribution in [0.3, 0.4) is 0 Å². The standard InChI is InChI=1S/C28H36FNO/c29-26-18-16-25(17-19-26)28(31)11-7-10-27(30-20-5-2-6-21-30)24-14-12-23(13-15-24)22-8-3-1-4-9-22/h12-19,22,27H,1-11,20-21H2. The number of nitrogens with zero attached hydrogens (tertiary/aromatic N) is 1. The van der Waals surface area contributed by atoms with Gasteiger partial charge in [-0.2, -0.15) is 0 Å². The third-order valence-corrected chi connectivity index (χ3v) is 7.28. The predicted octanol–water partition coefficient (Wildman–Crippen LogP) is 7.45. The summed E-state index contributed by atoms with van der Waals surface area (Å²) in [6.45, 7) is 2.31. The molecule has 0 spiro atoms. The SMILES string of the molecule is O=C(CCCC(c1ccc(C2CCCCC2)cc1)N1CCCCC1)c1ccc(F)cc1. The lowest BCUT2D eigenvalue weighted by Gasteiger charge is -2.35. The summed E-state index contributed by atoms with van der Waals surface area (Å²) in [7, 11) is 0. The van der Waals surface area contributed by atoms with E-state index in [-0.39, 0.29) is 11.6 Å². The minimum atomic E-state index is -0.293. The molecule has 3 heteroatoms. The number of rotatable bonds is 8. The van der Waals surface area contributed by atoms with Crippen molar-refractivity contribution in [2.24, 2.45) is 0 Å². The summed E-state index contributed by atoms with van der Waals surface area (Å²) < 4.78 is 13.1. The molecule has 2 fully saturated rings. The molecule has 0 N–H and O–H groups in total. The summed E-state index contributed by atoms with van der Waals surface area (Å²) in [6.07, 6.45) is 13.0. The van der Waals surface area contributed by atoms with E-state index in [1.165, 1.54) is 74.6 Å². The van der Waals surface area contributed by atoms with Gasteiger partial charge in [0.05, 0.1) is 0 Å². The number of ketones is 1. The van der Waals surface area contributed by atoms with E-state index in [0.29, 0.717) is 18.0 Å². The number of carbonyl (C=O) groups excluding carboxylic acids is 1. The highest BCUT2D eigenvalue weighted by atomic mass is 19.1. The van der Waals surface area contributed by atoms with Crippen molar-refractivity contribution in [1.82, 2.24) is 4.90 Å². The number of carbonyl (C=O) groups is 1. The van der Waals surface area contributed by atoms with Crippen LogP contribution >= 0.6 is 0 Å². The molecule has 1 saturated carbocycles. The van der Waals surface area contributed by atoms with E-state index < -0.39 is 0 Å². The zero-order chi connectivity index (χ0) is 21.5. The lowest BCUT2D eigenvalue weighted by molar-refractivity contribution is 0.0970. The number of halogens is 1. The number of likely N-dealkylation sites (tertiary alicyclic amines) is 1. The number of benzene rings is 2. The minimum absolute atomic E-state index is 0.116. The van der Waals surface area contributed by atoms with Crippen molar-refractivity contribution in [1.29, 1.82) is 0 Å². The van der Waals surface area contributed by atoms with Crippen LogP contribution in [0.4, 0.5) is 4.39 Å². The fourth-order valence-corrected chi connectivity index (χ4v) is 5.45. The Morgan fingerprint density at radius 2 is 1.52 bits per heavy atom. The molecule has 2 aliphatic rings. The second kappa shape index (κ2) is 11.0. The van der Waals surface area contributed by atoms with Gasteiger partial charge < -0.3 is 0 Å². The molecule has 4 rings (SSSR count). The van der Waals surface area contributed by atoms with Crippen molar-refractivity contribution < 1.29 is 9.18 Å². The molecule has 0 amide bonds. The third kappa shape index (κ3) is 6.04. The summed E-state index contributed by atoms with van der Waals surface area (Å²) in [5.41, 5.74) is 3.52. The average Bonchev–Trinajstić information content (AvgIpc) is 2.83. The number of hydrogen-bond acceptors (Lipinski definition) is 2. The van der Waals surface area contributed by atoms with E-state index in [1.54, 1.807) is 12.1 Å². The highest BCUT2D eigenvalue weighted by Crippen LogP contribution is 2.35. The molecule has 1 aliphatic heterocycles. The fourth-order valence-electron chi connectivity index (χ4n) is 5.45. The quantitative estimate of drug-likeness (QED) is 0.412. The van der Waals surface area contributed by atoms with E-state index in [0.717, 1.165) is 31.8 Å². The van der Waals surface area contributed by atoms with Crippen molar-refractivity contribution in [3.05, 3.63) is 71.0 Å². The Hall–Kier alpha value is -2.00. The Morgan fingerprint density at radius 3 is 2.19 bits per heavy atom. The van der Waals surface area contributed by atoms with Crippen LogP contribution in [0.15, 0.2) is 48.5 Å². The molecule has 1 aliphatic carbocycles. The first kappa shape index (κ1) is 22.2. The Bertz CT molecular complexity index is 817. The zero-order valence-electron chi connectivity index (χ0n) is 18.7. The molecule has 166 valence electrons. The van der Waals surface area contributed by atoms with E-state index in [4.69, 9.17) is 0 Å². The summed E-state index contributed by atoms with van der Waals surface area (Å²) in [6, 6.07) is 15.8. The molecule has 0 bridgehead atoms. The Balaban J connectivity index is 1.40. The van der Waals surface area contributed by atoms with Gasteiger partial charge in [0, 0.05) is 18.0 Å². The van der Waals surface area contributed by atoms with Gasteiger partial charge in [0.1, 0.15) is 5.82 Å². The van der Waals surface area contributed by atoms with Crippen LogP contribution in [0.25, 0.3) is 0 Å². The first-order valence-electron chi connectivity index (χ1n) is 12.3. The molecule has 1 heterocycles. The van der Waals surface area contributed by atoms with Gasteiger partial charge in [-0.3, -0.25) is 9.69 Å². The van der Waals surface area contributed by atoms with Gasteiger partial charge in [0.25, 0.3) is 0 Å². The van der Waals surface area contributed by atoms with Crippen molar-refractivity contribution in [3.63, 3.8) is 0 Å². The van der Waals surface area contributed by atoms with Crippen LogP contribution in [0, 0.1) is 5.82 Å². The molecule has 2 aromatic rings. The number of hydrogen-bond donors (Lipinski definition) is 0. The Morgan fingerprint density at radius 1 is 0.871 bits per heavy atom. The van der Waals surface area contributed by atoms with Gasteiger partial charge in [-0.15, -0.1) is 0 Å². The lowest BCUT2D eigenvalue weighted by Crippen LogP contribution is -2.33. The monoisotopic (exact) mass is 421 g/mol. The Kier molecular flexibility index (Phi) is 7.91. The van der Waals surface area contributed by atoms with Gasteiger partial charge in [0.15, 0.2) is 5.78 Å². The van der Waals surface area contributed by atoms with Crippen molar-refractivity contribution >= 4 is 5.78 Å². The average molecular weight is 422 g/mol. The van der Waals surface area contributed by atoms with Gasteiger partial charge in [-0.05, 0) is 92.9 Å². The lowest BCUT2D eigenvalue weighted by atomic mass is 9.83. The van der Waals surface area contributed by atoms with Crippen LogP contribution in [0.2, 0.25) is 0 Å². The molecule has 2 aromatic carbocycles. The van der Waals surface area contributed by atoms with Crippen molar-refractivity contribution in [2.75, 3.05) is 13.1 Å². The van der Waals surface area contributed by atoms with Crippen molar-refractivity contribution in [2.45, 2.75) is 82.6 Å². The maximum absolute atomic E-state index is 13.1. The summed E-state index contributed by atoms with van der Waals surface area (Å²) in [4.78, 5) is 15.2. The smallest absolute Gasteiger partial charge is 0.162 e. The maximum atomic E-state index is 13.1.